The van der Waals surface area contributed by atoms with Crippen molar-refractivity contribution >= 4 is 6.29 Å². The minimum Gasteiger partial charge on any atom is -0.396 e. The Hall–Kier alpha value is -2.69. The minimum atomic E-state index is -1.16. The first-order valence-corrected chi connectivity index (χ1v) is 19.6. The lowest BCUT2D eigenvalue weighted by Gasteiger charge is -2.57. The van der Waals surface area contributed by atoms with Crippen LogP contribution in [-0.4, -0.2) is 91.0 Å². The first-order chi connectivity index (χ1) is 25.0. The molecule has 4 rings (SSSR count). The van der Waals surface area contributed by atoms with Crippen molar-refractivity contribution in [3.63, 3.8) is 0 Å². The molecular weight excluding hydrogens is 652 g/mol. The van der Waals surface area contributed by atoms with E-state index in [1.54, 1.807) is 0 Å². The lowest BCUT2D eigenvalue weighted by Crippen LogP contribution is -2.61. The molecule has 2 fully saturated rings. The number of nitrogens with one attached hydrogen (secondary N) is 2. The summed E-state index contributed by atoms with van der Waals surface area (Å²) in [6.45, 7) is 12.5. The van der Waals surface area contributed by atoms with Crippen LogP contribution in [0.4, 0.5) is 0 Å². The van der Waals surface area contributed by atoms with Crippen LogP contribution in [0.15, 0.2) is 83.0 Å². The molecule has 288 valence electrons. The number of aldehydes is 1. The van der Waals surface area contributed by atoms with Crippen molar-refractivity contribution in [1.29, 1.82) is 0 Å². The fraction of sp³-hybridized carbons (Fsp3) is 0.614. The number of hydrogen-bond acceptors (Lipinski definition) is 8. The maximum Gasteiger partial charge on any atom is 0.145 e. The molecule has 2 bridgehead atoms. The third-order valence-corrected chi connectivity index (χ3v) is 12.2. The Morgan fingerprint density at radius 1 is 1.17 bits per heavy atom. The Balaban J connectivity index is 1.68. The van der Waals surface area contributed by atoms with Gasteiger partial charge in [0.05, 0.1) is 31.5 Å². The second-order valence-electron chi connectivity index (χ2n) is 15.7. The predicted octanol–water partition coefficient (Wildman–Crippen LogP) is 5.56. The fourth-order valence-electron chi connectivity index (χ4n) is 9.36. The van der Waals surface area contributed by atoms with Crippen molar-refractivity contribution in [2.24, 2.45) is 23.2 Å². The molecule has 1 aliphatic heterocycles. The highest BCUT2D eigenvalue weighted by molar-refractivity contribution is 5.74. The Morgan fingerprint density at radius 3 is 2.65 bits per heavy atom. The molecule has 8 nitrogen and oxygen atoms in total. The molecule has 52 heavy (non-hydrogen) atoms. The Morgan fingerprint density at radius 2 is 1.94 bits per heavy atom. The van der Waals surface area contributed by atoms with Crippen molar-refractivity contribution in [1.82, 2.24) is 10.6 Å². The summed E-state index contributed by atoms with van der Waals surface area (Å²) in [5, 5.41) is 51.4. The molecule has 1 heterocycles. The number of carbonyl (C=O) groups is 1. The van der Waals surface area contributed by atoms with E-state index in [0.29, 0.717) is 63.1 Å². The van der Waals surface area contributed by atoms with E-state index in [1.807, 2.05) is 26.1 Å². The summed E-state index contributed by atoms with van der Waals surface area (Å²) < 4.78 is 5.90. The number of aliphatic hydroxyl groups is 4. The van der Waals surface area contributed by atoms with E-state index < -0.39 is 17.1 Å². The van der Waals surface area contributed by atoms with E-state index in [2.05, 4.69) is 67.5 Å². The highest BCUT2D eigenvalue weighted by atomic mass is 16.5. The molecule has 7 atom stereocenters. The van der Waals surface area contributed by atoms with Gasteiger partial charge >= 0.3 is 0 Å². The molecule has 1 spiro atoms. The van der Waals surface area contributed by atoms with Gasteiger partial charge in [-0.1, -0.05) is 71.9 Å². The van der Waals surface area contributed by atoms with Crippen LogP contribution in [0.5, 0.6) is 0 Å². The second kappa shape index (κ2) is 20.1. The van der Waals surface area contributed by atoms with Crippen molar-refractivity contribution < 1.29 is 30.0 Å². The monoisotopic (exact) mass is 718 g/mol. The summed E-state index contributed by atoms with van der Waals surface area (Å²) >= 11 is 0. The van der Waals surface area contributed by atoms with Crippen LogP contribution in [0.3, 0.4) is 0 Å². The van der Waals surface area contributed by atoms with E-state index >= 15 is 0 Å². The van der Waals surface area contributed by atoms with Gasteiger partial charge in [-0.25, -0.2) is 0 Å². The lowest BCUT2D eigenvalue weighted by molar-refractivity contribution is -0.180. The number of hydrogen-bond donors (Lipinski definition) is 6. The van der Waals surface area contributed by atoms with Crippen molar-refractivity contribution in [3.8, 4) is 0 Å². The summed E-state index contributed by atoms with van der Waals surface area (Å²) in [6, 6.07) is 9.28. The van der Waals surface area contributed by atoms with Gasteiger partial charge in [-0.3, -0.25) is 4.79 Å². The maximum absolute atomic E-state index is 12.6. The van der Waals surface area contributed by atoms with E-state index in [0.717, 1.165) is 48.8 Å². The number of rotatable bonds is 15. The second-order valence-corrected chi connectivity index (χ2v) is 15.7. The van der Waals surface area contributed by atoms with Crippen LogP contribution in [-0.2, 0) is 22.4 Å². The topological polar surface area (TPSA) is 131 Å². The van der Waals surface area contributed by atoms with Crippen LogP contribution < -0.4 is 10.6 Å². The van der Waals surface area contributed by atoms with Crippen LogP contribution in [0.2, 0.25) is 0 Å². The minimum absolute atomic E-state index is 0.00117. The Bertz CT molecular complexity index is 1460. The summed E-state index contributed by atoms with van der Waals surface area (Å²) in [4.78, 5) is 12.1. The fourth-order valence-corrected chi connectivity index (χ4v) is 9.36. The van der Waals surface area contributed by atoms with Gasteiger partial charge < -0.3 is 35.8 Å². The average molecular weight is 719 g/mol. The lowest BCUT2D eigenvalue weighted by atomic mass is 9.51. The molecular formula is C44H66N2O6. The van der Waals surface area contributed by atoms with Gasteiger partial charge in [-0.2, -0.15) is 0 Å². The van der Waals surface area contributed by atoms with Crippen molar-refractivity contribution in [3.05, 3.63) is 94.1 Å². The summed E-state index contributed by atoms with van der Waals surface area (Å²) in [6.07, 6.45) is 15.0. The van der Waals surface area contributed by atoms with E-state index in [4.69, 9.17) is 4.74 Å². The molecule has 2 saturated carbocycles. The van der Waals surface area contributed by atoms with E-state index in [1.165, 1.54) is 16.7 Å². The quantitative estimate of drug-likeness (QED) is 0.0457. The molecule has 0 aromatic heterocycles. The normalized spacial score (nSPS) is 31.3. The van der Waals surface area contributed by atoms with Crippen LogP contribution in [0.25, 0.3) is 0 Å². The van der Waals surface area contributed by atoms with Gasteiger partial charge in [0.1, 0.15) is 6.29 Å². The summed E-state index contributed by atoms with van der Waals surface area (Å²) in [5.74, 6) is -0.330. The highest BCUT2D eigenvalue weighted by Gasteiger charge is 2.65. The molecule has 0 radical (unpaired) electrons. The zero-order valence-electron chi connectivity index (χ0n) is 32.2. The van der Waals surface area contributed by atoms with Crippen molar-refractivity contribution in [2.45, 2.75) is 103 Å². The zero-order valence-corrected chi connectivity index (χ0v) is 32.2. The first-order valence-electron chi connectivity index (χ1n) is 19.6. The number of benzene rings is 1. The molecule has 0 saturated heterocycles. The molecule has 1 aromatic carbocycles. The van der Waals surface area contributed by atoms with Crippen molar-refractivity contribution in [2.75, 3.05) is 46.6 Å². The standard InChI is InChI=1S/C44H66N2O6/c1-31-14-15-37(27-36-11-7-10-35(26-36)25-34(4)46-28-31)32(2)9-6-12-38(30-52-24-23-48)40-17-19-44(42(40)50)41(13-8-22-47)39(33(3)29-49)16-18-43(44,51)20-21-45-5/h6-7,9-12,14,26,29,34,37,40-42,45-48,50-51H,2,8,13,15-25,27-28,30H2,1,3-5H3. The maximum atomic E-state index is 12.6. The number of carbonyl (C=O) groups excluding carboxylic acids is 1. The van der Waals surface area contributed by atoms with E-state index in [9.17, 15) is 25.2 Å². The third kappa shape index (κ3) is 10.1. The van der Waals surface area contributed by atoms with Gasteiger partial charge in [0, 0.05) is 30.5 Å². The Kier molecular flexibility index (Phi) is 16.3. The molecule has 0 amide bonds. The molecule has 1 aromatic rings. The molecule has 7 unspecified atom stereocenters. The summed E-state index contributed by atoms with van der Waals surface area (Å²) in [5.41, 5.74) is 5.48. The molecule has 3 aliphatic rings. The number of allylic oxidation sites excluding steroid dienone is 7. The van der Waals surface area contributed by atoms with Gasteiger partial charge in [0.25, 0.3) is 0 Å². The molecule has 2 aliphatic carbocycles. The van der Waals surface area contributed by atoms with Crippen LogP contribution in [0.1, 0.15) is 83.3 Å². The number of aliphatic hydroxyl groups excluding tert-OH is 3. The van der Waals surface area contributed by atoms with Gasteiger partial charge in [-0.05, 0) is 133 Å². The summed E-state index contributed by atoms with van der Waals surface area (Å²) in [7, 11) is 1.87. The average Bonchev–Trinajstić information content (AvgIpc) is 3.48. The first kappa shape index (κ1) is 42.1. The zero-order chi connectivity index (χ0) is 37.7. The van der Waals surface area contributed by atoms with E-state index in [-0.39, 0.29) is 44.2 Å². The SMILES string of the molecule is C=C(C=CC=C(COCCO)C1CCC2(C(CCCO)C(=C(C)C=O)CCC2(O)CCNC)C1O)C1CC=C(C)CNC(C)Cc2cccc(c2)C1. The molecule has 6 N–H and O–H groups in total. The van der Waals surface area contributed by atoms with Crippen LogP contribution >= 0.6 is 0 Å². The highest BCUT2D eigenvalue weighted by Crippen LogP contribution is 2.64. The number of fused-ring (bicyclic) bond motifs is 2. The van der Waals surface area contributed by atoms with Gasteiger partial charge in [0.2, 0.25) is 0 Å². The van der Waals surface area contributed by atoms with Crippen LogP contribution in [0, 0.1) is 23.2 Å². The number of ether oxygens (including phenoxy) is 1. The largest absolute Gasteiger partial charge is 0.396 e. The Labute approximate surface area is 312 Å². The third-order valence-electron chi connectivity index (χ3n) is 12.2. The molecule has 8 heteroatoms. The van der Waals surface area contributed by atoms with Gasteiger partial charge in [0.15, 0.2) is 0 Å². The van der Waals surface area contributed by atoms with Gasteiger partial charge in [-0.15, -0.1) is 0 Å². The predicted molar refractivity (Wildman–Crippen MR) is 210 cm³/mol. The smallest absolute Gasteiger partial charge is 0.145 e.